The number of aromatic nitrogens is 3. The number of rotatable bonds is 3. The first-order chi connectivity index (χ1) is 16.8. The molecule has 9 heteroatoms. The number of fused-ring (bicyclic) bond motifs is 3. The van der Waals surface area contributed by atoms with E-state index < -0.39 is 17.5 Å². The number of halogens is 3. The number of hydrogen-bond acceptors (Lipinski definition) is 4. The Morgan fingerprint density at radius 1 is 1.00 bits per heavy atom. The number of nitrogens with two attached hydrogens (primary N) is 1. The van der Waals surface area contributed by atoms with E-state index in [4.69, 9.17) is 5.73 Å². The van der Waals surface area contributed by atoms with Gasteiger partial charge in [0.15, 0.2) is 11.6 Å². The zero-order valence-corrected chi connectivity index (χ0v) is 18.9. The van der Waals surface area contributed by atoms with Crippen molar-refractivity contribution in [3.05, 3.63) is 71.5 Å². The Morgan fingerprint density at radius 2 is 1.83 bits per heavy atom. The maximum absolute atomic E-state index is 15.3. The Labute approximate surface area is 199 Å². The fourth-order valence-corrected chi connectivity index (χ4v) is 5.65. The molecule has 1 aromatic heterocycles. The molecule has 178 valence electrons. The van der Waals surface area contributed by atoms with Gasteiger partial charge in [-0.3, -0.25) is 4.79 Å². The number of nitrogens with zero attached hydrogens (tertiary/aromatic N) is 4. The molecule has 35 heavy (non-hydrogen) atoms. The molecule has 2 aliphatic heterocycles. The summed E-state index contributed by atoms with van der Waals surface area (Å²) in [6.07, 6.45) is 2.56. The Bertz CT molecular complexity index is 1500. The Balaban J connectivity index is 1.53. The van der Waals surface area contributed by atoms with Crippen LogP contribution in [-0.2, 0) is 7.05 Å². The van der Waals surface area contributed by atoms with Gasteiger partial charge in [0.25, 0.3) is 5.91 Å². The monoisotopic (exact) mass is 477 g/mol. The van der Waals surface area contributed by atoms with Gasteiger partial charge < -0.3 is 10.6 Å². The van der Waals surface area contributed by atoms with Gasteiger partial charge in [-0.15, -0.1) is 5.10 Å². The van der Waals surface area contributed by atoms with Crippen LogP contribution in [0.4, 0.5) is 13.2 Å². The zero-order chi connectivity index (χ0) is 24.4. The molecular formula is C26H22F3N5O. The minimum absolute atomic E-state index is 0.00426. The van der Waals surface area contributed by atoms with Crippen LogP contribution in [0.1, 0.15) is 29.6 Å². The molecule has 0 unspecified atom stereocenters. The summed E-state index contributed by atoms with van der Waals surface area (Å²) in [5, 5.41) is 7.71. The molecule has 1 amide bonds. The van der Waals surface area contributed by atoms with E-state index in [0.29, 0.717) is 22.3 Å². The number of hydrogen-bond donors (Lipinski definition) is 1. The van der Waals surface area contributed by atoms with E-state index in [1.165, 1.54) is 36.0 Å². The largest absolute Gasteiger partial charge is 0.331 e. The summed E-state index contributed by atoms with van der Waals surface area (Å²) in [6.45, 7) is 0. The second-order valence-corrected chi connectivity index (χ2v) is 9.31. The maximum atomic E-state index is 15.3. The lowest BCUT2D eigenvalue weighted by molar-refractivity contribution is 0.0726. The van der Waals surface area contributed by atoms with Crippen molar-refractivity contribution in [1.82, 2.24) is 19.9 Å². The number of carbonyl (C=O) groups is 1. The highest BCUT2D eigenvalue weighted by Gasteiger charge is 2.47. The van der Waals surface area contributed by atoms with Crippen molar-refractivity contribution in [3.63, 3.8) is 0 Å². The number of benzene rings is 3. The van der Waals surface area contributed by atoms with Crippen LogP contribution in [0.5, 0.6) is 0 Å². The third-order valence-electron chi connectivity index (χ3n) is 7.28. The van der Waals surface area contributed by atoms with Crippen LogP contribution in [0.2, 0.25) is 0 Å². The predicted octanol–water partition coefficient (Wildman–Crippen LogP) is 4.42. The van der Waals surface area contributed by atoms with Gasteiger partial charge in [-0.2, -0.15) is 0 Å². The van der Waals surface area contributed by atoms with E-state index in [-0.39, 0.29) is 40.6 Å². The summed E-state index contributed by atoms with van der Waals surface area (Å²) in [5.74, 6) is -2.78. The van der Waals surface area contributed by atoms with Gasteiger partial charge in [0.05, 0.1) is 0 Å². The van der Waals surface area contributed by atoms with E-state index >= 15 is 4.39 Å². The van der Waals surface area contributed by atoms with Crippen LogP contribution in [0.25, 0.3) is 33.3 Å². The first kappa shape index (κ1) is 21.8. The topological polar surface area (TPSA) is 77.0 Å². The number of carbonyl (C=O) groups excluding carboxylic acids is 1. The molecule has 2 bridgehead atoms. The number of amides is 1. The van der Waals surface area contributed by atoms with E-state index in [2.05, 4.69) is 10.3 Å². The average molecular weight is 477 g/mol. The van der Waals surface area contributed by atoms with Crippen molar-refractivity contribution in [3.8, 4) is 22.3 Å². The SMILES string of the molecule is Cn1nnc2cc(-c3ccc(C(=O)N4[C@@H]5CC[C@H]4[C@@H](N)C5)cc3-c3cccc(F)c3)c(F)c(F)c21. The van der Waals surface area contributed by atoms with Crippen LogP contribution >= 0.6 is 0 Å². The molecule has 2 saturated heterocycles. The quantitative estimate of drug-likeness (QED) is 0.474. The highest BCUT2D eigenvalue weighted by Crippen LogP contribution is 2.40. The molecule has 2 aliphatic rings. The highest BCUT2D eigenvalue weighted by molar-refractivity contribution is 5.99. The lowest BCUT2D eigenvalue weighted by atomic mass is 9.91. The van der Waals surface area contributed by atoms with Gasteiger partial charge in [0, 0.05) is 36.3 Å². The van der Waals surface area contributed by atoms with E-state index in [1.807, 2.05) is 4.90 Å². The van der Waals surface area contributed by atoms with Crippen molar-refractivity contribution in [2.24, 2.45) is 12.8 Å². The molecule has 2 N–H and O–H groups in total. The van der Waals surface area contributed by atoms with Gasteiger partial charge in [-0.1, -0.05) is 23.4 Å². The standard InChI is InChI=1S/C26H22F3N5O/c1-33-25-21(31-32-33)12-19(23(28)24(25)29)17-7-5-14(10-18(17)13-3-2-4-15(27)9-13)26(35)34-16-6-8-22(34)20(30)11-16/h2-5,7,9-10,12,16,20,22H,6,8,11,30H2,1H3/t16-,20+,22+/m1/s1. The Kier molecular flexibility index (Phi) is 4.93. The third-order valence-corrected chi connectivity index (χ3v) is 7.28. The molecule has 0 aliphatic carbocycles. The van der Waals surface area contributed by atoms with Crippen molar-refractivity contribution in [2.75, 3.05) is 0 Å². The normalized spacial score (nSPS) is 21.3. The van der Waals surface area contributed by atoms with Gasteiger partial charge in [-0.25, -0.2) is 17.9 Å². The minimum atomic E-state index is -1.07. The zero-order valence-electron chi connectivity index (χ0n) is 18.9. The minimum Gasteiger partial charge on any atom is -0.331 e. The summed E-state index contributed by atoms with van der Waals surface area (Å²) in [5.41, 5.74) is 7.87. The molecule has 4 aromatic rings. The van der Waals surface area contributed by atoms with Crippen molar-refractivity contribution in [1.29, 1.82) is 0 Å². The molecule has 3 aromatic carbocycles. The molecule has 6 rings (SSSR count). The van der Waals surface area contributed by atoms with Crippen LogP contribution in [0.3, 0.4) is 0 Å². The third kappa shape index (κ3) is 3.33. The van der Waals surface area contributed by atoms with Gasteiger partial charge in [0.2, 0.25) is 0 Å². The molecule has 0 radical (unpaired) electrons. The second kappa shape index (κ2) is 7.91. The molecular weight excluding hydrogens is 455 g/mol. The van der Waals surface area contributed by atoms with Gasteiger partial charge in [-0.05, 0) is 66.3 Å². The van der Waals surface area contributed by atoms with Crippen molar-refractivity contribution >= 4 is 16.9 Å². The summed E-state index contributed by atoms with van der Waals surface area (Å²) < 4.78 is 45.6. The van der Waals surface area contributed by atoms with Crippen molar-refractivity contribution in [2.45, 2.75) is 37.4 Å². The van der Waals surface area contributed by atoms with Crippen LogP contribution < -0.4 is 5.73 Å². The average Bonchev–Trinajstić information content (AvgIpc) is 3.52. The molecule has 3 atom stereocenters. The predicted molar refractivity (Wildman–Crippen MR) is 125 cm³/mol. The smallest absolute Gasteiger partial charge is 0.254 e. The molecule has 6 nitrogen and oxygen atoms in total. The fraction of sp³-hybridized carbons (Fsp3) is 0.269. The van der Waals surface area contributed by atoms with E-state index in [0.717, 1.165) is 19.3 Å². The molecule has 0 saturated carbocycles. The summed E-state index contributed by atoms with van der Waals surface area (Å²) in [7, 11) is 1.48. The lowest BCUT2D eigenvalue weighted by Crippen LogP contribution is -2.40. The first-order valence-electron chi connectivity index (χ1n) is 11.5. The Morgan fingerprint density at radius 3 is 2.54 bits per heavy atom. The number of aryl methyl sites for hydroxylation is 1. The van der Waals surface area contributed by atoms with Crippen LogP contribution in [0.15, 0.2) is 48.5 Å². The van der Waals surface area contributed by atoms with Gasteiger partial charge in [0.1, 0.15) is 16.9 Å². The summed E-state index contributed by atoms with van der Waals surface area (Å²) >= 11 is 0. The first-order valence-corrected chi connectivity index (χ1v) is 11.5. The molecule has 2 fully saturated rings. The van der Waals surface area contributed by atoms with Gasteiger partial charge >= 0.3 is 0 Å². The van der Waals surface area contributed by atoms with E-state index in [1.54, 1.807) is 24.3 Å². The maximum Gasteiger partial charge on any atom is 0.254 e. The van der Waals surface area contributed by atoms with Crippen LogP contribution in [0, 0.1) is 17.5 Å². The van der Waals surface area contributed by atoms with Crippen LogP contribution in [-0.4, -0.2) is 43.9 Å². The van der Waals surface area contributed by atoms with Crippen molar-refractivity contribution < 1.29 is 18.0 Å². The summed E-state index contributed by atoms with van der Waals surface area (Å²) in [4.78, 5) is 15.3. The fourth-order valence-electron chi connectivity index (χ4n) is 5.65. The second-order valence-electron chi connectivity index (χ2n) is 9.31. The lowest BCUT2D eigenvalue weighted by Gasteiger charge is -2.24. The molecule has 3 heterocycles. The Hall–Kier alpha value is -3.72. The molecule has 0 spiro atoms. The summed E-state index contributed by atoms with van der Waals surface area (Å²) in [6, 6.07) is 12.1. The highest BCUT2D eigenvalue weighted by atomic mass is 19.2. The van der Waals surface area contributed by atoms with E-state index in [9.17, 15) is 13.6 Å².